The Bertz CT molecular complexity index is 934. The van der Waals surface area contributed by atoms with E-state index in [2.05, 4.69) is 10.3 Å². The first kappa shape index (κ1) is 19.5. The molecule has 0 unspecified atom stereocenters. The van der Waals surface area contributed by atoms with Crippen LogP contribution in [0, 0.1) is 4.91 Å². The lowest BCUT2D eigenvalue weighted by Crippen LogP contribution is -2.09. The summed E-state index contributed by atoms with van der Waals surface area (Å²) in [5.74, 6) is -0.454. The van der Waals surface area contributed by atoms with Crippen molar-refractivity contribution in [3.8, 4) is 5.69 Å². The molecule has 2 rings (SSSR count). The Morgan fingerprint density at radius 3 is 2.20 bits per heavy atom. The first-order valence-electron chi connectivity index (χ1n) is 6.31. The number of hydrogen-bond donors (Lipinski definition) is 1. The molecule has 2 aromatic rings. The highest BCUT2D eigenvalue weighted by Crippen LogP contribution is 2.39. The molecule has 0 fully saturated rings. The zero-order valence-electron chi connectivity index (χ0n) is 12.3. The number of aromatic nitrogens is 2. The van der Waals surface area contributed by atoms with Crippen LogP contribution in [0.1, 0.15) is 11.3 Å². The molecule has 2 N–H and O–H groups in total. The van der Waals surface area contributed by atoms with Crippen LogP contribution in [0.15, 0.2) is 22.2 Å². The third kappa shape index (κ3) is 3.72. The van der Waals surface area contributed by atoms with E-state index in [9.17, 15) is 26.5 Å². The first-order valence-corrected chi connectivity index (χ1v) is 8.95. The van der Waals surface area contributed by atoms with Crippen molar-refractivity contribution in [1.29, 1.82) is 0 Å². The molecule has 1 heterocycles. The summed E-state index contributed by atoms with van der Waals surface area (Å²) in [5.41, 5.74) is 4.12. The summed E-state index contributed by atoms with van der Waals surface area (Å²) in [4.78, 5) is 10.0. The van der Waals surface area contributed by atoms with E-state index in [0.717, 1.165) is 10.9 Å². The average Bonchev–Trinajstić information content (AvgIpc) is 2.74. The molecule has 0 amide bonds. The van der Waals surface area contributed by atoms with E-state index in [1.165, 1.54) is 0 Å². The number of halogens is 5. The van der Waals surface area contributed by atoms with Crippen LogP contribution < -0.4 is 5.73 Å². The van der Waals surface area contributed by atoms with Gasteiger partial charge in [0.1, 0.15) is 28.6 Å². The summed E-state index contributed by atoms with van der Waals surface area (Å²) in [5, 5.41) is 5.46. The summed E-state index contributed by atoms with van der Waals surface area (Å²) < 4.78 is 62.9. The van der Waals surface area contributed by atoms with E-state index in [1.54, 1.807) is 0 Å². The van der Waals surface area contributed by atoms with Gasteiger partial charge >= 0.3 is 6.18 Å². The standard InChI is InChI=1S/C12H9Cl2F3N4O3S/c1-25(23,24)10-8(4-19-22)20-21(11(10)18)9-6(13)2-5(3-7(9)14)12(15,16)17/h2-3H,4,18H2,1H3. The van der Waals surface area contributed by atoms with Gasteiger partial charge in [-0.1, -0.05) is 28.4 Å². The largest absolute Gasteiger partial charge is 0.416 e. The third-order valence-electron chi connectivity index (χ3n) is 3.08. The molecule has 0 spiro atoms. The van der Waals surface area contributed by atoms with Crippen molar-refractivity contribution in [2.45, 2.75) is 17.6 Å². The summed E-state index contributed by atoms with van der Waals surface area (Å²) in [6.45, 7) is -0.616. The Hall–Kier alpha value is -1.85. The van der Waals surface area contributed by atoms with E-state index in [-0.39, 0.29) is 11.4 Å². The zero-order valence-corrected chi connectivity index (χ0v) is 14.6. The average molecular weight is 417 g/mol. The van der Waals surface area contributed by atoms with Gasteiger partial charge < -0.3 is 5.73 Å². The van der Waals surface area contributed by atoms with Crippen molar-refractivity contribution in [2.24, 2.45) is 5.18 Å². The molecule has 1 aromatic carbocycles. The summed E-state index contributed by atoms with van der Waals surface area (Å²) in [6.07, 6.45) is -3.86. The van der Waals surface area contributed by atoms with E-state index in [0.29, 0.717) is 12.1 Å². The topological polar surface area (TPSA) is 107 Å². The Labute approximate surface area is 149 Å². The van der Waals surface area contributed by atoms with Crippen LogP contribution in [0.5, 0.6) is 0 Å². The van der Waals surface area contributed by atoms with Gasteiger partial charge in [-0.3, -0.25) is 0 Å². The molecule has 25 heavy (non-hydrogen) atoms. The molecule has 136 valence electrons. The minimum absolute atomic E-state index is 0.254. The Balaban J connectivity index is 2.78. The molecular formula is C12H9Cl2F3N4O3S. The number of sulfone groups is 1. The van der Waals surface area contributed by atoms with Crippen LogP contribution in [0.4, 0.5) is 19.0 Å². The maximum Gasteiger partial charge on any atom is 0.416 e. The lowest BCUT2D eigenvalue weighted by molar-refractivity contribution is -0.137. The summed E-state index contributed by atoms with van der Waals surface area (Å²) >= 11 is 11.7. The van der Waals surface area contributed by atoms with Crippen molar-refractivity contribution in [2.75, 3.05) is 12.0 Å². The molecule has 0 saturated heterocycles. The molecule has 0 saturated carbocycles. The number of alkyl halides is 3. The fraction of sp³-hybridized carbons (Fsp3) is 0.250. The number of benzene rings is 1. The number of anilines is 1. The molecule has 0 bridgehead atoms. The van der Waals surface area contributed by atoms with Gasteiger partial charge in [0.2, 0.25) is 0 Å². The van der Waals surface area contributed by atoms with E-state index in [4.69, 9.17) is 28.9 Å². The third-order valence-corrected chi connectivity index (χ3v) is 4.85. The van der Waals surface area contributed by atoms with E-state index in [1.807, 2.05) is 0 Å². The van der Waals surface area contributed by atoms with Crippen LogP contribution in [-0.4, -0.2) is 24.5 Å². The van der Waals surface area contributed by atoms with Gasteiger partial charge in [-0.15, -0.1) is 0 Å². The molecule has 0 aliphatic heterocycles. The number of rotatable bonds is 4. The Morgan fingerprint density at radius 1 is 1.28 bits per heavy atom. The van der Waals surface area contributed by atoms with Crippen LogP contribution in [0.25, 0.3) is 5.69 Å². The van der Waals surface area contributed by atoms with Crippen LogP contribution in [0.3, 0.4) is 0 Å². The molecular weight excluding hydrogens is 408 g/mol. The maximum atomic E-state index is 12.8. The van der Waals surface area contributed by atoms with Crippen molar-refractivity contribution in [3.05, 3.63) is 38.3 Å². The quantitative estimate of drug-likeness (QED) is 0.767. The molecule has 1 aromatic heterocycles. The van der Waals surface area contributed by atoms with Gasteiger partial charge in [-0.05, 0) is 12.1 Å². The lowest BCUT2D eigenvalue weighted by atomic mass is 10.2. The van der Waals surface area contributed by atoms with E-state index < -0.39 is 48.9 Å². The van der Waals surface area contributed by atoms with Gasteiger partial charge in [0.05, 0.1) is 15.6 Å². The number of nitrogens with two attached hydrogens (primary N) is 1. The summed E-state index contributed by atoms with van der Waals surface area (Å²) in [7, 11) is -3.90. The monoisotopic (exact) mass is 416 g/mol. The predicted octanol–water partition coefficient (Wildman–Crippen LogP) is 3.45. The fourth-order valence-electron chi connectivity index (χ4n) is 2.13. The normalized spacial score (nSPS) is 12.4. The van der Waals surface area contributed by atoms with Crippen molar-refractivity contribution in [1.82, 2.24) is 9.78 Å². The Kier molecular flexibility index (Phi) is 5.04. The van der Waals surface area contributed by atoms with Gasteiger partial charge in [0.25, 0.3) is 0 Å². The van der Waals surface area contributed by atoms with Gasteiger partial charge in [-0.2, -0.15) is 23.2 Å². The lowest BCUT2D eigenvalue weighted by Gasteiger charge is -2.13. The second kappa shape index (κ2) is 6.46. The maximum absolute atomic E-state index is 12.8. The first-order chi connectivity index (χ1) is 11.4. The predicted molar refractivity (Wildman–Crippen MR) is 85.6 cm³/mol. The van der Waals surface area contributed by atoms with Gasteiger partial charge in [0.15, 0.2) is 9.84 Å². The smallest absolute Gasteiger partial charge is 0.382 e. The number of nitrogens with zero attached hydrogens (tertiary/aromatic N) is 3. The zero-order chi connectivity index (χ0) is 19.2. The SMILES string of the molecule is CS(=O)(=O)c1c(CN=O)nn(-c2c(Cl)cc(C(F)(F)F)cc2Cl)c1N. The van der Waals surface area contributed by atoms with Crippen molar-refractivity contribution < 1.29 is 21.6 Å². The highest BCUT2D eigenvalue weighted by atomic mass is 35.5. The van der Waals surface area contributed by atoms with Gasteiger partial charge in [0, 0.05) is 6.26 Å². The highest BCUT2D eigenvalue weighted by Gasteiger charge is 2.33. The Morgan fingerprint density at radius 2 is 1.80 bits per heavy atom. The number of nitrogen functional groups attached to an aromatic ring is 1. The molecule has 0 aliphatic rings. The molecule has 0 radical (unpaired) electrons. The van der Waals surface area contributed by atoms with Crippen LogP contribution in [0.2, 0.25) is 10.0 Å². The second-order valence-electron chi connectivity index (χ2n) is 4.92. The minimum atomic E-state index is -4.69. The van der Waals surface area contributed by atoms with Gasteiger partial charge in [-0.25, -0.2) is 13.1 Å². The van der Waals surface area contributed by atoms with E-state index >= 15 is 0 Å². The highest BCUT2D eigenvalue weighted by molar-refractivity contribution is 7.91. The molecule has 0 aliphatic carbocycles. The van der Waals surface area contributed by atoms with Crippen LogP contribution in [-0.2, 0) is 22.6 Å². The molecule has 0 atom stereocenters. The van der Waals surface area contributed by atoms with Crippen LogP contribution >= 0.6 is 23.2 Å². The minimum Gasteiger partial charge on any atom is -0.382 e. The fourth-order valence-corrected chi connectivity index (χ4v) is 3.78. The summed E-state index contributed by atoms with van der Waals surface area (Å²) in [6, 6.07) is 1.20. The van der Waals surface area contributed by atoms with Crippen molar-refractivity contribution >= 4 is 38.9 Å². The second-order valence-corrected chi connectivity index (χ2v) is 7.69. The molecule has 13 heteroatoms. The molecule has 7 nitrogen and oxygen atoms in total. The number of hydrogen-bond acceptors (Lipinski definition) is 6. The van der Waals surface area contributed by atoms with Crippen molar-refractivity contribution in [3.63, 3.8) is 0 Å². The number of nitroso groups, excluding NO2 is 1.